The SMILES string of the molecule is C=C(O)c1ccc(C=O)n1Cc1ccc(Cl)cc1. The Morgan fingerprint density at radius 2 is 1.94 bits per heavy atom. The van der Waals surface area contributed by atoms with Crippen LogP contribution in [0.5, 0.6) is 0 Å². The molecule has 18 heavy (non-hydrogen) atoms. The summed E-state index contributed by atoms with van der Waals surface area (Å²) in [6.07, 6.45) is 0.752. The summed E-state index contributed by atoms with van der Waals surface area (Å²) in [5.74, 6) is -0.0583. The van der Waals surface area contributed by atoms with Gasteiger partial charge < -0.3 is 9.67 Å². The van der Waals surface area contributed by atoms with Gasteiger partial charge in [0, 0.05) is 11.6 Å². The summed E-state index contributed by atoms with van der Waals surface area (Å²) in [7, 11) is 0. The van der Waals surface area contributed by atoms with Gasteiger partial charge in [-0.3, -0.25) is 4.79 Å². The van der Waals surface area contributed by atoms with E-state index in [0.717, 1.165) is 11.8 Å². The zero-order chi connectivity index (χ0) is 13.1. The largest absolute Gasteiger partial charge is 0.506 e. The maximum absolute atomic E-state index is 11.0. The predicted octanol–water partition coefficient (Wildman–Crippen LogP) is 3.53. The third-order valence-corrected chi connectivity index (χ3v) is 2.94. The van der Waals surface area contributed by atoms with E-state index < -0.39 is 0 Å². The number of aldehydes is 1. The van der Waals surface area contributed by atoms with Crippen molar-refractivity contribution in [3.63, 3.8) is 0 Å². The summed E-state index contributed by atoms with van der Waals surface area (Å²) in [5, 5.41) is 10.1. The lowest BCUT2D eigenvalue weighted by Crippen LogP contribution is -2.07. The van der Waals surface area contributed by atoms with Crippen LogP contribution in [0, 0.1) is 0 Å². The Kier molecular flexibility index (Phi) is 3.53. The fraction of sp³-hybridized carbons (Fsp3) is 0.0714. The molecule has 1 N–H and O–H groups in total. The molecule has 1 aromatic heterocycles. The molecule has 0 atom stereocenters. The van der Waals surface area contributed by atoms with Crippen molar-refractivity contribution < 1.29 is 9.90 Å². The fourth-order valence-corrected chi connectivity index (χ4v) is 1.91. The van der Waals surface area contributed by atoms with E-state index in [1.165, 1.54) is 0 Å². The van der Waals surface area contributed by atoms with E-state index in [4.69, 9.17) is 11.6 Å². The number of hydrogen-bond donors (Lipinski definition) is 1. The molecule has 2 aromatic rings. The summed E-state index contributed by atoms with van der Waals surface area (Å²) in [4.78, 5) is 11.0. The molecule has 0 fully saturated rings. The molecule has 3 nitrogen and oxygen atoms in total. The molecule has 0 spiro atoms. The number of aromatic nitrogens is 1. The van der Waals surface area contributed by atoms with E-state index >= 15 is 0 Å². The van der Waals surface area contributed by atoms with Gasteiger partial charge in [-0.1, -0.05) is 30.3 Å². The maximum atomic E-state index is 11.0. The molecule has 0 saturated heterocycles. The third kappa shape index (κ3) is 2.46. The third-order valence-electron chi connectivity index (χ3n) is 2.68. The molecular formula is C14H12ClNO2. The van der Waals surface area contributed by atoms with Crippen molar-refractivity contribution in [1.82, 2.24) is 4.57 Å². The number of halogens is 1. The second-order valence-corrected chi connectivity index (χ2v) is 4.36. The Bertz CT molecular complexity index is 584. The van der Waals surface area contributed by atoms with E-state index in [1.54, 1.807) is 28.8 Å². The summed E-state index contributed by atoms with van der Waals surface area (Å²) in [6.45, 7) is 3.97. The molecule has 0 aliphatic heterocycles. The Hall–Kier alpha value is -2.00. The molecule has 0 bridgehead atoms. The van der Waals surface area contributed by atoms with Crippen LogP contribution < -0.4 is 0 Å². The van der Waals surface area contributed by atoms with Gasteiger partial charge in [-0.2, -0.15) is 0 Å². The van der Waals surface area contributed by atoms with Crippen molar-refractivity contribution >= 4 is 23.6 Å². The highest BCUT2D eigenvalue weighted by Gasteiger charge is 2.10. The Morgan fingerprint density at radius 3 is 2.50 bits per heavy atom. The van der Waals surface area contributed by atoms with Crippen LogP contribution in [0.1, 0.15) is 21.7 Å². The van der Waals surface area contributed by atoms with Crippen molar-refractivity contribution in [2.45, 2.75) is 6.54 Å². The number of aliphatic hydroxyl groups is 1. The lowest BCUT2D eigenvalue weighted by molar-refractivity contribution is 0.111. The maximum Gasteiger partial charge on any atom is 0.166 e. The molecule has 0 aliphatic rings. The van der Waals surface area contributed by atoms with Crippen LogP contribution in [0.3, 0.4) is 0 Å². The van der Waals surface area contributed by atoms with Gasteiger partial charge in [0.25, 0.3) is 0 Å². The molecule has 0 unspecified atom stereocenters. The van der Waals surface area contributed by atoms with Crippen LogP contribution in [0.2, 0.25) is 5.02 Å². The Balaban J connectivity index is 2.38. The minimum atomic E-state index is -0.0583. The van der Waals surface area contributed by atoms with Crippen molar-refractivity contribution in [3.8, 4) is 0 Å². The molecule has 92 valence electrons. The molecule has 1 heterocycles. The monoisotopic (exact) mass is 261 g/mol. The molecular weight excluding hydrogens is 250 g/mol. The van der Waals surface area contributed by atoms with Gasteiger partial charge >= 0.3 is 0 Å². The zero-order valence-electron chi connectivity index (χ0n) is 9.64. The average molecular weight is 262 g/mol. The number of rotatable bonds is 4. The Labute approximate surface area is 110 Å². The van der Waals surface area contributed by atoms with Gasteiger partial charge in [-0.25, -0.2) is 0 Å². The molecule has 0 amide bonds. The number of carbonyl (C=O) groups excluding carboxylic acids is 1. The second kappa shape index (κ2) is 5.10. The van der Waals surface area contributed by atoms with Gasteiger partial charge in [-0.05, 0) is 29.8 Å². The number of nitrogens with zero attached hydrogens (tertiary/aromatic N) is 1. The molecule has 4 heteroatoms. The van der Waals surface area contributed by atoms with Crippen molar-refractivity contribution in [3.05, 3.63) is 65.0 Å². The highest BCUT2D eigenvalue weighted by Crippen LogP contribution is 2.17. The van der Waals surface area contributed by atoms with Crippen LogP contribution in [-0.2, 0) is 6.54 Å². The quantitative estimate of drug-likeness (QED) is 0.676. The van der Waals surface area contributed by atoms with E-state index in [2.05, 4.69) is 6.58 Å². The minimum absolute atomic E-state index is 0.0583. The van der Waals surface area contributed by atoms with Crippen LogP contribution >= 0.6 is 11.6 Å². The second-order valence-electron chi connectivity index (χ2n) is 3.92. The Morgan fingerprint density at radius 1 is 1.28 bits per heavy atom. The summed E-state index contributed by atoms with van der Waals surface area (Å²) in [6, 6.07) is 10.6. The topological polar surface area (TPSA) is 42.2 Å². The lowest BCUT2D eigenvalue weighted by atomic mass is 10.2. The molecule has 1 aromatic carbocycles. The van der Waals surface area contributed by atoms with Crippen molar-refractivity contribution in [2.24, 2.45) is 0 Å². The number of benzene rings is 1. The van der Waals surface area contributed by atoms with E-state index in [-0.39, 0.29) is 5.76 Å². The van der Waals surface area contributed by atoms with E-state index in [1.807, 2.05) is 12.1 Å². The van der Waals surface area contributed by atoms with Crippen molar-refractivity contribution in [2.75, 3.05) is 0 Å². The smallest absolute Gasteiger partial charge is 0.166 e. The summed E-state index contributed by atoms with van der Waals surface area (Å²) in [5.41, 5.74) is 2.02. The first-order valence-electron chi connectivity index (χ1n) is 5.39. The number of carbonyl (C=O) groups is 1. The summed E-state index contributed by atoms with van der Waals surface area (Å²) < 4.78 is 1.71. The first-order valence-corrected chi connectivity index (χ1v) is 5.77. The predicted molar refractivity (Wildman–Crippen MR) is 72.0 cm³/mol. The zero-order valence-corrected chi connectivity index (χ0v) is 10.4. The van der Waals surface area contributed by atoms with Crippen LogP contribution in [0.4, 0.5) is 0 Å². The molecule has 0 radical (unpaired) electrons. The van der Waals surface area contributed by atoms with E-state index in [0.29, 0.717) is 23.0 Å². The van der Waals surface area contributed by atoms with Crippen LogP contribution in [0.15, 0.2) is 43.0 Å². The number of aliphatic hydroxyl groups excluding tert-OH is 1. The van der Waals surface area contributed by atoms with Crippen molar-refractivity contribution in [1.29, 1.82) is 0 Å². The minimum Gasteiger partial charge on any atom is -0.506 e. The van der Waals surface area contributed by atoms with E-state index in [9.17, 15) is 9.90 Å². The highest BCUT2D eigenvalue weighted by atomic mass is 35.5. The van der Waals surface area contributed by atoms with Crippen LogP contribution in [-0.4, -0.2) is 16.0 Å². The lowest BCUT2D eigenvalue weighted by Gasteiger charge is -2.10. The van der Waals surface area contributed by atoms with Gasteiger partial charge in [0.15, 0.2) is 6.29 Å². The standard InChI is InChI=1S/C14H12ClNO2/c1-10(18)14-7-6-13(9-17)16(14)8-11-2-4-12(15)5-3-11/h2-7,9,18H,1,8H2. The fourth-order valence-electron chi connectivity index (χ4n) is 1.79. The van der Waals surface area contributed by atoms with Crippen LogP contribution in [0.25, 0.3) is 5.76 Å². The highest BCUT2D eigenvalue weighted by molar-refractivity contribution is 6.30. The normalized spacial score (nSPS) is 10.3. The van der Waals surface area contributed by atoms with Gasteiger partial charge in [0.05, 0.1) is 11.4 Å². The molecule has 0 saturated carbocycles. The van der Waals surface area contributed by atoms with Gasteiger partial charge in [-0.15, -0.1) is 0 Å². The molecule has 2 rings (SSSR count). The van der Waals surface area contributed by atoms with Gasteiger partial charge in [0.2, 0.25) is 0 Å². The van der Waals surface area contributed by atoms with Gasteiger partial charge in [0.1, 0.15) is 5.76 Å². The summed E-state index contributed by atoms with van der Waals surface area (Å²) >= 11 is 5.82. The number of hydrogen-bond acceptors (Lipinski definition) is 2. The first-order chi connectivity index (χ1) is 8.61. The first kappa shape index (κ1) is 12.5. The molecule has 0 aliphatic carbocycles. The average Bonchev–Trinajstić information content (AvgIpc) is 2.75.